The molecule has 2 aromatic rings. The summed E-state index contributed by atoms with van der Waals surface area (Å²) in [4.78, 5) is 15.9. The number of nitrogens with zero attached hydrogens (tertiary/aromatic N) is 1. The van der Waals surface area contributed by atoms with Crippen molar-refractivity contribution in [3.8, 4) is 11.3 Å². The highest BCUT2D eigenvalue weighted by molar-refractivity contribution is 9.10. The molecule has 0 atom stereocenters. The van der Waals surface area contributed by atoms with Crippen LogP contribution in [0.1, 0.15) is 26.2 Å². The monoisotopic (exact) mass is 350 g/mol. The van der Waals surface area contributed by atoms with Gasteiger partial charge in [0.05, 0.1) is 6.20 Å². The standard InChI is InChI=1S/C16H19BrN2O2/c1-11(2)9-18-15(20)6-7-16-19-10-14(21-16)12-4-3-5-13(17)8-12/h3-5,8,10-11H,6-7,9H2,1-2H3,(H,18,20). The lowest BCUT2D eigenvalue weighted by molar-refractivity contribution is -0.121. The number of rotatable bonds is 6. The van der Waals surface area contributed by atoms with E-state index in [2.05, 4.69) is 40.1 Å². The van der Waals surface area contributed by atoms with Gasteiger partial charge in [0, 0.05) is 29.4 Å². The molecule has 112 valence electrons. The van der Waals surface area contributed by atoms with E-state index < -0.39 is 0 Å². The van der Waals surface area contributed by atoms with Crippen LogP contribution in [0.3, 0.4) is 0 Å². The number of hydrogen-bond donors (Lipinski definition) is 1. The molecule has 1 aromatic carbocycles. The van der Waals surface area contributed by atoms with Gasteiger partial charge in [-0.3, -0.25) is 4.79 Å². The molecule has 1 N–H and O–H groups in total. The zero-order valence-corrected chi connectivity index (χ0v) is 13.8. The van der Waals surface area contributed by atoms with Crippen LogP contribution in [-0.2, 0) is 11.2 Å². The summed E-state index contributed by atoms with van der Waals surface area (Å²) in [6, 6.07) is 7.84. The number of nitrogens with one attached hydrogen (secondary N) is 1. The van der Waals surface area contributed by atoms with Crippen molar-refractivity contribution < 1.29 is 9.21 Å². The Bertz CT molecular complexity index is 608. The molecule has 0 spiro atoms. The lowest BCUT2D eigenvalue weighted by Crippen LogP contribution is -2.27. The van der Waals surface area contributed by atoms with Gasteiger partial charge in [-0.25, -0.2) is 4.98 Å². The molecular weight excluding hydrogens is 332 g/mol. The zero-order chi connectivity index (χ0) is 15.2. The first kappa shape index (κ1) is 15.8. The molecule has 0 unspecified atom stereocenters. The number of aryl methyl sites for hydroxylation is 1. The predicted octanol–water partition coefficient (Wildman–Crippen LogP) is 3.81. The van der Waals surface area contributed by atoms with Crippen LogP contribution in [0.4, 0.5) is 0 Å². The van der Waals surface area contributed by atoms with Crippen LogP contribution in [0.5, 0.6) is 0 Å². The van der Waals surface area contributed by atoms with Gasteiger partial charge in [0.15, 0.2) is 11.7 Å². The molecule has 0 radical (unpaired) electrons. The summed E-state index contributed by atoms with van der Waals surface area (Å²) in [6.07, 6.45) is 2.60. The Kier molecular flexibility index (Phi) is 5.56. The van der Waals surface area contributed by atoms with Crippen LogP contribution in [0.25, 0.3) is 11.3 Å². The van der Waals surface area contributed by atoms with Crippen molar-refractivity contribution in [2.75, 3.05) is 6.54 Å². The van der Waals surface area contributed by atoms with Crippen LogP contribution in [0.2, 0.25) is 0 Å². The van der Waals surface area contributed by atoms with Gasteiger partial charge in [0.2, 0.25) is 5.91 Å². The predicted molar refractivity (Wildman–Crippen MR) is 85.8 cm³/mol. The SMILES string of the molecule is CC(C)CNC(=O)CCc1ncc(-c2cccc(Br)c2)o1. The maximum Gasteiger partial charge on any atom is 0.220 e. The van der Waals surface area contributed by atoms with E-state index in [-0.39, 0.29) is 5.91 Å². The average Bonchev–Trinajstić information content (AvgIpc) is 2.92. The Balaban J connectivity index is 1.90. The van der Waals surface area contributed by atoms with Crippen molar-refractivity contribution in [3.05, 3.63) is 40.8 Å². The molecule has 1 heterocycles. The molecule has 2 rings (SSSR count). The van der Waals surface area contributed by atoms with E-state index in [4.69, 9.17) is 4.42 Å². The Labute approximate surface area is 133 Å². The fraction of sp³-hybridized carbons (Fsp3) is 0.375. The van der Waals surface area contributed by atoms with Gasteiger partial charge in [-0.1, -0.05) is 41.9 Å². The summed E-state index contributed by atoms with van der Waals surface area (Å²) >= 11 is 3.43. The minimum absolute atomic E-state index is 0.0332. The van der Waals surface area contributed by atoms with Gasteiger partial charge in [-0.15, -0.1) is 0 Å². The summed E-state index contributed by atoms with van der Waals surface area (Å²) in [7, 11) is 0. The van der Waals surface area contributed by atoms with Crippen molar-refractivity contribution in [1.82, 2.24) is 10.3 Å². The third-order valence-electron chi connectivity index (χ3n) is 2.94. The topological polar surface area (TPSA) is 55.1 Å². The number of hydrogen-bond acceptors (Lipinski definition) is 3. The van der Waals surface area contributed by atoms with Gasteiger partial charge in [0.1, 0.15) is 0 Å². The van der Waals surface area contributed by atoms with Crippen LogP contribution in [0.15, 0.2) is 39.4 Å². The van der Waals surface area contributed by atoms with E-state index in [9.17, 15) is 4.79 Å². The molecule has 1 aromatic heterocycles. The highest BCUT2D eigenvalue weighted by atomic mass is 79.9. The summed E-state index contributed by atoms with van der Waals surface area (Å²) in [5.74, 6) is 1.79. The minimum Gasteiger partial charge on any atom is -0.441 e. The van der Waals surface area contributed by atoms with Gasteiger partial charge in [0.25, 0.3) is 0 Å². The Morgan fingerprint density at radius 2 is 2.24 bits per heavy atom. The molecule has 21 heavy (non-hydrogen) atoms. The Morgan fingerprint density at radius 3 is 2.95 bits per heavy atom. The van der Waals surface area contributed by atoms with Crippen molar-refractivity contribution >= 4 is 21.8 Å². The molecule has 0 saturated heterocycles. The molecule has 1 amide bonds. The number of carbonyl (C=O) groups excluding carboxylic acids is 1. The van der Waals surface area contributed by atoms with E-state index in [1.54, 1.807) is 6.20 Å². The van der Waals surface area contributed by atoms with Gasteiger partial charge in [-0.05, 0) is 18.1 Å². The molecule has 0 bridgehead atoms. The van der Waals surface area contributed by atoms with E-state index in [0.29, 0.717) is 37.0 Å². The normalized spacial score (nSPS) is 10.9. The summed E-state index contributed by atoms with van der Waals surface area (Å²) in [5, 5.41) is 2.88. The lowest BCUT2D eigenvalue weighted by atomic mass is 10.2. The molecule has 0 fully saturated rings. The van der Waals surface area contributed by atoms with Gasteiger partial charge < -0.3 is 9.73 Å². The number of benzene rings is 1. The van der Waals surface area contributed by atoms with Gasteiger partial charge in [-0.2, -0.15) is 0 Å². The van der Waals surface area contributed by atoms with Crippen molar-refractivity contribution in [2.45, 2.75) is 26.7 Å². The first-order chi connectivity index (χ1) is 10.0. The third-order valence-corrected chi connectivity index (χ3v) is 3.43. The zero-order valence-electron chi connectivity index (χ0n) is 12.2. The van der Waals surface area contributed by atoms with E-state index in [1.165, 1.54) is 0 Å². The largest absolute Gasteiger partial charge is 0.441 e. The van der Waals surface area contributed by atoms with Crippen molar-refractivity contribution in [2.24, 2.45) is 5.92 Å². The van der Waals surface area contributed by atoms with Crippen molar-refractivity contribution in [1.29, 1.82) is 0 Å². The molecule has 0 aliphatic carbocycles. The number of aromatic nitrogens is 1. The molecule has 4 nitrogen and oxygen atoms in total. The second-order valence-electron chi connectivity index (χ2n) is 5.33. The number of amides is 1. The minimum atomic E-state index is 0.0332. The number of halogens is 1. The number of carbonyl (C=O) groups is 1. The smallest absolute Gasteiger partial charge is 0.220 e. The second-order valence-corrected chi connectivity index (χ2v) is 6.24. The van der Waals surface area contributed by atoms with Crippen LogP contribution in [-0.4, -0.2) is 17.4 Å². The van der Waals surface area contributed by atoms with Crippen LogP contribution >= 0.6 is 15.9 Å². The van der Waals surface area contributed by atoms with Crippen LogP contribution < -0.4 is 5.32 Å². The highest BCUT2D eigenvalue weighted by Gasteiger charge is 2.09. The summed E-state index contributed by atoms with van der Waals surface area (Å²) in [6.45, 7) is 4.84. The van der Waals surface area contributed by atoms with Crippen molar-refractivity contribution in [3.63, 3.8) is 0 Å². The molecular formula is C16H19BrN2O2. The molecule has 0 aliphatic heterocycles. The average molecular weight is 351 g/mol. The highest BCUT2D eigenvalue weighted by Crippen LogP contribution is 2.23. The summed E-state index contributed by atoms with van der Waals surface area (Å²) < 4.78 is 6.68. The number of oxazole rings is 1. The quantitative estimate of drug-likeness (QED) is 0.861. The van der Waals surface area contributed by atoms with Gasteiger partial charge >= 0.3 is 0 Å². The van der Waals surface area contributed by atoms with E-state index in [1.807, 2.05) is 24.3 Å². The third kappa shape index (κ3) is 5.01. The first-order valence-corrected chi connectivity index (χ1v) is 7.81. The fourth-order valence-corrected chi connectivity index (χ4v) is 2.23. The fourth-order valence-electron chi connectivity index (χ4n) is 1.83. The lowest BCUT2D eigenvalue weighted by Gasteiger charge is -2.06. The Morgan fingerprint density at radius 1 is 1.43 bits per heavy atom. The first-order valence-electron chi connectivity index (χ1n) is 7.02. The Hall–Kier alpha value is -1.62. The molecule has 5 heteroatoms. The maximum atomic E-state index is 11.7. The van der Waals surface area contributed by atoms with E-state index >= 15 is 0 Å². The second kappa shape index (κ2) is 7.41. The maximum absolute atomic E-state index is 11.7. The van der Waals surface area contributed by atoms with E-state index in [0.717, 1.165) is 10.0 Å². The molecule has 0 saturated carbocycles. The van der Waals surface area contributed by atoms with Crippen LogP contribution in [0, 0.1) is 5.92 Å². The summed E-state index contributed by atoms with van der Waals surface area (Å²) in [5.41, 5.74) is 0.965. The molecule has 0 aliphatic rings.